The number of likely N-dealkylation sites (N-methyl/N-ethyl adjacent to an activating group) is 1. The van der Waals surface area contributed by atoms with Gasteiger partial charge in [0.15, 0.2) is 16.6 Å². The molecular formula is C25H30N4O6S2. The molecule has 3 heterocycles. The van der Waals surface area contributed by atoms with E-state index in [0.717, 1.165) is 10.2 Å². The van der Waals surface area contributed by atoms with Crippen molar-refractivity contribution < 1.29 is 27.4 Å². The first-order valence-electron chi connectivity index (χ1n) is 12.0. The summed E-state index contributed by atoms with van der Waals surface area (Å²) < 4.78 is 45.4. The van der Waals surface area contributed by atoms with Gasteiger partial charge >= 0.3 is 0 Å². The third-order valence-corrected chi connectivity index (χ3v) is 9.13. The molecule has 2 aromatic carbocycles. The third kappa shape index (κ3) is 5.30. The summed E-state index contributed by atoms with van der Waals surface area (Å²) in [6.45, 7) is 5.54. The Morgan fingerprint density at radius 2 is 1.70 bits per heavy atom. The first-order valence-corrected chi connectivity index (χ1v) is 14.3. The number of benzene rings is 2. The molecule has 0 bridgehead atoms. The van der Waals surface area contributed by atoms with E-state index in [-0.39, 0.29) is 29.8 Å². The molecule has 1 aromatic heterocycles. The quantitative estimate of drug-likeness (QED) is 0.446. The minimum Gasteiger partial charge on any atom is -0.454 e. The third-order valence-electron chi connectivity index (χ3n) is 6.24. The first-order chi connectivity index (χ1) is 17.6. The lowest BCUT2D eigenvalue weighted by atomic mass is 10.2. The van der Waals surface area contributed by atoms with Crippen molar-refractivity contribution in [3.8, 4) is 11.5 Å². The van der Waals surface area contributed by atoms with E-state index in [2.05, 4.69) is 0 Å². The number of fused-ring (bicyclic) bond motifs is 2. The number of sulfonamides is 1. The zero-order valence-electron chi connectivity index (χ0n) is 21.2. The fourth-order valence-electron chi connectivity index (χ4n) is 4.41. The number of morpholine rings is 1. The van der Waals surface area contributed by atoms with Crippen LogP contribution < -0.4 is 14.4 Å². The molecule has 0 N–H and O–H groups in total. The number of amides is 1. The summed E-state index contributed by atoms with van der Waals surface area (Å²) in [5, 5.41) is 0.554. The Balaban J connectivity index is 1.41. The Labute approximate surface area is 220 Å². The van der Waals surface area contributed by atoms with Crippen LogP contribution in [0.5, 0.6) is 11.5 Å². The average Bonchev–Trinajstić information content (AvgIpc) is 3.47. The molecule has 12 heteroatoms. The highest BCUT2D eigenvalue weighted by atomic mass is 32.2. The number of nitrogens with zero attached hydrogens (tertiary/aromatic N) is 4. The molecule has 0 spiro atoms. The van der Waals surface area contributed by atoms with E-state index < -0.39 is 10.0 Å². The van der Waals surface area contributed by atoms with Gasteiger partial charge in [0.2, 0.25) is 16.8 Å². The maximum Gasteiger partial charge on any atom is 0.260 e. The number of anilines is 1. The standard InChI is InChI=1S/C25H30N4O6S2/c1-16-13-28(14-17(2)35-16)37(31,32)19-7-5-18(6-8-19)24(30)29(10-9-27(3)4)25-26-20-11-21-22(34-15-33-21)12-23(20)36-25/h5-8,11-12,16-17H,9-10,13-15H2,1-4H3/t16-,17-/m0/s1. The maximum atomic E-state index is 13.6. The fraction of sp³-hybridized carbons (Fsp3) is 0.440. The molecule has 2 aliphatic rings. The van der Waals surface area contributed by atoms with Gasteiger partial charge < -0.3 is 19.1 Å². The predicted molar refractivity (Wildman–Crippen MR) is 141 cm³/mol. The topological polar surface area (TPSA) is 102 Å². The summed E-state index contributed by atoms with van der Waals surface area (Å²) in [6.07, 6.45) is -0.365. The van der Waals surface area contributed by atoms with E-state index in [0.29, 0.717) is 48.4 Å². The van der Waals surface area contributed by atoms with Crippen molar-refractivity contribution in [1.29, 1.82) is 0 Å². The second-order valence-corrected chi connectivity index (χ2v) is 12.5. The van der Waals surface area contributed by atoms with E-state index in [1.165, 1.54) is 27.8 Å². The molecule has 0 aliphatic carbocycles. The lowest BCUT2D eigenvalue weighted by Crippen LogP contribution is -2.48. The normalized spacial score (nSPS) is 20.0. The van der Waals surface area contributed by atoms with Gasteiger partial charge in [-0.25, -0.2) is 13.4 Å². The summed E-state index contributed by atoms with van der Waals surface area (Å²) in [5.41, 5.74) is 1.11. The monoisotopic (exact) mass is 546 g/mol. The van der Waals surface area contributed by atoms with E-state index >= 15 is 0 Å². The highest BCUT2D eigenvalue weighted by molar-refractivity contribution is 7.89. The highest BCUT2D eigenvalue weighted by Crippen LogP contribution is 2.40. The Morgan fingerprint density at radius 1 is 1.05 bits per heavy atom. The number of ether oxygens (including phenoxy) is 3. The minimum absolute atomic E-state index is 0.152. The van der Waals surface area contributed by atoms with Gasteiger partial charge in [-0.1, -0.05) is 11.3 Å². The van der Waals surface area contributed by atoms with Gasteiger partial charge in [0.1, 0.15) is 0 Å². The van der Waals surface area contributed by atoms with Crippen LogP contribution in [0.1, 0.15) is 24.2 Å². The van der Waals surface area contributed by atoms with Gasteiger partial charge in [-0.2, -0.15) is 4.31 Å². The molecule has 37 heavy (non-hydrogen) atoms. The SMILES string of the molecule is C[C@H]1CN(S(=O)(=O)c2ccc(C(=O)N(CCN(C)C)c3nc4cc5c(cc4s3)OCO5)cc2)C[C@H](C)O1. The van der Waals surface area contributed by atoms with E-state index in [9.17, 15) is 13.2 Å². The number of hydrogen-bond donors (Lipinski definition) is 0. The number of carbonyl (C=O) groups excluding carboxylic acids is 1. The number of hydrogen-bond acceptors (Lipinski definition) is 9. The van der Waals surface area contributed by atoms with Crippen molar-refractivity contribution in [2.75, 3.05) is 52.0 Å². The maximum absolute atomic E-state index is 13.6. The van der Waals surface area contributed by atoms with Crippen molar-refractivity contribution >= 4 is 42.6 Å². The van der Waals surface area contributed by atoms with Gasteiger partial charge in [0, 0.05) is 43.9 Å². The van der Waals surface area contributed by atoms with Gasteiger partial charge in [-0.05, 0) is 52.2 Å². The summed E-state index contributed by atoms with van der Waals surface area (Å²) in [7, 11) is 0.176. The minimum atomic E-state index is -3.70. The summed E-state index contributed by atoms with van der Waals surface area (Å²) in [5.74, 6) is 1.05. The van der Waals surface area contributed by atoms with Crippen molar-refractivity contribution in [3.05, 3.63) is 42.0 Å². The Kier molecular flexibility index (Phi) is 7.12. The highest BCUT2D eigenvalue weighted by Gasteiger charge is 2.32. The lowest BCUT2D eigenvalue weighted by molar-refractivity contribution is -0.0440. The second kappa shape index (κ2) is 10.2. The lowest BCUT2D eigenvalue weighted by Gasteiger charge is -2.34. The summed E-state index contributed by atoms with van der Waals surface area (Å²) in [4.78, 5) is 22.1. The van der Waals surface area contributed by atoms with Gasteiger partial charge in [-0.3, -0.25) is 9.69 Å². The molecule has 3 aromatic rings. The molecule has 1 fully saturated rings. The van der Waals surface area contributed by atoms with Crippen LogP contribution in [-0.4, -0.2) is 87.8 Å². The van der Waals surface area contributed by atoms with Crippen LogP contribution in [0.3, 0.4) is 0 Å². The van der Waals surface area contributed by atoms with E-state index in [1.54, 1.807) is 17.0 Å². The number of thiazole rings is 1. The molecule has 0 radical (unpaired) electrons. The fourth-order valence-corrected chi connectivity index (χ4v) is 7.00. The Morgan fingerprint density at radius 3 is 2.35 bits per heavy atom. The summed E-state index contributed by atoms with van der Waals surface area (Å²) in [6, 6.07) is 9.81. The number of carbonyl (C=O) groups is 1. The first kappa shape index (κ1) is 25.9. The van der Waals surface area contributed by atoms with E-state index in [4.69, 9.17) is 19.2 Å². The largest absolute Gasteiger partial charge is 0.454 e. The predicted octanol–water partition coefficient (Wildman–Crippen LogP) is 3.03. The van der Waals surface area contributed by atoms with Crippen LogP contribution in [0.25, 0.3) is 10.2 Å². The smallest absolute Gasteiger partial charge is 0.260 e. The van der Waals surface area contributed by atoms with Gasteiger partial charge in [0.05, 0.1) is 27.3 Å². The molecular weight excluding hydrogens is 516 g/mol. The van der Waals surface area contributed by atoms with E-state index in [1.807, 2.05) is 45.0 Å². The number of aromatic nitrogens is 1. The van der Waals surface area contributed by atoms with Crippen molar-refractivity contribution in [2.24, 2.45) is 0 Å². The molecule has 1 saturated heterocycles. The van der Waals surface area contributed by atoms with Crippen LogP contribution >= 0.6 is 11.3 Å². The van der Waals surface area contributed by atoms with Crippen LogP contribution in [0, 0.1) is 0 Å². The van der Waals surface area contributed by atoms with Crippen LogP contribution in [0.15, 0.2) is 41.3 Å². The number of rotatable bonds is 7. The molecule has 2 aliphatic heterocycles. The second-order valence-electron chi connectivity index (χ2n) is 9.53. The molecule has 5 rings (SSSR count). The summed E-state index contributed by atoms with van der Waals surface area (Å²) >= 11 is 1.40. The van der Waals surface area contributed by atoms with Crippen LogP contribution in [0.2, 0.25) is 0 Å². The average molecular weight is 547 g/mol. The van der Waals surface area contributed by atoms with Gasteiger partial charge in [0.25, 0.3) is 5.91 Å². The Bertz CT molecular complexity index is 1360. The molecule has 0 unspecified atom stereocenters. The molecule has 198 valence electrons. The van der Waals surface area contributed by atoms with Crippen molar-refractivity contribution in [1.82, 2.24) is 14.2 Å². The van der Waals surface area contributed by atoms with Crippen molar-refractivity contribution in [3.63, 3.8) is 0 Å². The van der Waals surface area contributed by atoms with Crippen LogP contribution in [0.4, 0.5) is 5.13 Å². The zero-order valence-corrected chi connectivity index (χ0v) is 22.8. The van der Waals surface area contributed by atoms with Crippen LogP contribution in [-0.2, 0) is 14.8 Å². The molecule has 2 atom stereocenters. The Hall–Kier alpha value is -2.77. The molecule has 1 amide bonds. The molecule has 0 saturated carbocycles. The zero-order chi connectivity index (χ0) is 26.3. The van der Waals surface area contributed by atoms with Gasteiger partial charge in [-0.15, -0.1) is 0 Å². The van der Waals surface area contributed by atoms with Crippen molar-refractivity contribution in [2.45, 2.75) is 31.0 Å². The molecule has 10 nitrogen and oxygen atoms in total.